The van der Waals surface area contributed by atoms with E-state index in [0.29, 0.717) is 17.1 Å². The normalized spacial score (nSPS) is 14.8. The molecule has 27 heavy (non-hydrogen) atoms. The van der Waals surface area contributed by atoms with Crippen molar-refractivity contribution in [1.29, 1.82) is 0 Å². The van der Waals surface area contributed by atoms with Crippen molar-refractivity contribution in [1.82, 2.24) is 10.9 Å². The zero-order valence-electron chi connectivity index (χ0n) is 14.6. The standard InChI is InChI=1S/C19H18N2O6/c1-12-6-8-13(9-7-12)19(24)26-11-17(22)20-21-18(23)16-10-25-14-4-2-3-5-15(14)27-16/h2-9,16H,10-11H2,1H3,(H,20,22)(H,21,23)/t16-/m0/s1. The molecule has 0 aliphatic carbocycles. The Kier molecular flexibility index (Phi) is 5.55. The summed E-state index contributed by atoms with van der Waals surface area (Å²) >= 11 is 0. The smallest absolute Gasteiger partial charge is 0.338 e. The van der Waals surface area contributed by atoms with E-state index in [9.17, 15) is 14.4 Å². The Hall–Kier alpha value is -3.55. The molecule has 1 aliphatic rings. The second-order valence-corrected chi connectivity index (χ2v) is 5.84. The van der Waals surface area contributed by atoms with E-state index in [1.807, 2.05) is 6.92 Å². The summed E-state index contributed by atoms with van der Waals surface area (Å²) in [4.78, 5) is 35.6. The number of ether oxygens (including phenoxy) is 3. The van der Waals surface area contributed by atoms with Crippen LogP contribution in [0.25, 0.3) is 0 Å². The number of benzene rings is 2. The van der Waals surface area contributed by atoms with Crippen LogP contribution in [-0.2, 0) is 14.3 Å². The lowest BCUT2D eigenvalue weighted by molar-refractivity contribution is -0.135. The summed E-state index contributed by atoms with van der Waals surface area (Å²) in [6.45, 7) is 1.38. The van der Waals surface area contributed by atoms with Crippen molar-refractivity contribution in [2.45, 2.75) is 13.0 Å². The van der Waals surface area contributed by atoms with Crippen LogP contribution in [0.4, 0.5) is 0 Å². The van der Waals surface area contributed by atoms with Crippen molar-refractivity contribution in [3.05, 3.63) is 59.7 Å². The molecular weight excluding hydrogens is 352 g/mol. The third kappa shape index (κ3) is 4.75. The minimum Gasteiger partial charge on any atom is -0.485 e. The predicted octanol–water partition coefficient (Wildman–Crippen LogP) is 1.14. The first-order valence-electron chi connectivity index (χ1n) is 8.24. The average Bonchev–Trinajstić information content (AvgIpc) is 2.70. The Labute approximate surface area is 155 Å². The maximum atomic E-state index is 12.1. The van der Waals surface area contributed by atoms with E-state index in [-0.39, 0.29) is 6.61 Å². The summed E-state index contributed by atoms with van der Waals surface area (Å²) in [5.74, 6) is -0.892. The molecule has 8 nitrogen and oxygen atoms in total. The first-order chi connectivity index (χ1) is 13.0. The topological polar surface area (TPSA) is 103 Å². The Morgan fingerprint density at radius 3 is 2.48 bits per heavy atom. The molecule has 0 saturated heterocycles. The average molecular weight is 370 g/mol. The summed E-state index contributed by atoms with van der Waals surface area (Å²) in [6.07, 6.45) is -0.907. The zero-order chi connectivity index (χ0) is 19.2. The fraction of sp³-hybridized carbons (Fsp3) is 0.211. The van der Waals surface area contributed by atoms with Crippen LogP contribution in [0.1, 0.15) is 15.9 Å². The highest BCUT2D eigenvalue weighted by Crippen LogP contribution is 2.30. The molecule has 8 heteroatoms. The van der Waals surface area contributed by atoms with Gasteiger partial charge in [0.2, 0.25) is 6.10 Å². The zero-order valence-corrected chi connectivity index (χ0v) is 14.6. The van der Waals surface area contributed by atoms with E-state index < -0.39 is 30.5 Å². The van der Waals surface area contributed by atoms with Gasteiger partial charge in [-0.05, 0) is 31.2 Å². The van der Waals surface area contributed by atoms with Crippen LogP contribution in [0.5, 0.6) is 11.5 Å². The Morgan fingerprint density at radius 2 is 1.74 bits per heavy atom. The van der Waals surface area contributed by atoms with Crippen molar-refractivity contribution in [3.63, 3.8) is 0 Å². The summed E-state index contributed by atoms with van der Waals surface area (Å²) < 4.78 is 15.8. The van der Waals surface area contributed by atoms with Crippen molar-refractivity contribution in [2.75, 3.05) is 13.2 Å². The number of nitrogens with one attached hydrogen (secondary N) is 2. The largest absolute Gasteiger partial charge is 0.485 e. The van der Waals surface area contributed by atoms with E-state index in [0.717, 1.165) is 5.56 Å². The molecule has 3 rings (SSSR count). The van der Waals surface area contributed by atoms with Crippen LogP contribution >= 0.6 is 0 Å². The van der Waals surface area contributed by atoms with E-state index >= 15 is 0 Å². The van der Waals surface area contributed by atoms with Gasteiger partial charge in [0.05, 0.1) is 5.56 Å². The van der Waals surface area contributed by atoms with E-state index in [2.05, 4.69) is 10.9 Å². The van der Waals surface area contributed by atoms with Crippen molar-refractivity contribution >= 4 is 17.8 Å². The first kappa shape index (κ1) is 18.2. The molecule has 1 aliphatic heterocycles. The number of aryl methyl sites for hydroxylation is 1. The van der Waals surface area contributed by atoms with Gasteiger partial charge in [0.25, 0.3) is 11.8 Å². The second kappa shape index (κ2) is 8.22. The molecule has 0 unspecified atom stereocenters. The maximum Gasteiger partial charge on any atom is 0.338 e. The van der Waals surface area contributed by atoms with Crippen LogP contribution in [0.2, 0.25) is 0 Å². The predicted molar refractivity (Wildman–Crippen MR) is 94.1 cm³/mol. The van der Waals surface area contributed by atoms with E-state index in [4.69, 9.17) is 14.2 Å². The maximum absolute atomic E-state index is 12.1. The number of amides is 2. The number of hydrogen-bond donors (Lipinski definition) is 2. The Balaban J connectivity index is 1.42. The number of carbonyl (C=O) groups excluding carboxylic acids is 3. The van der Waals surface area contributed by atoms with Crippen LogP contribution in [0.3, 0.4) is 0 Å². The molecule has 0 aromatic heterocycles. The van der Waals surface area contributed by atoms with Crippen LogP contribution < -0.4 is 20.3 Å². The summed E-state index contributed by atoms with van der Waals surface area (Å²) in [6, 6.07) is 13.7. The lowest BCUT2D eigenvalue weighted by Crippen LogP contribution is -2.51. The van der Waals surface area contributed by atoms with Gasteiger partial charge in [-0.25, -0.2) is 4.79 Å². The van der Waals surface area contributed by atoms with Crippen molar-refractivity contribution < 1.29 is 28.6 Å². The van der Waals surface area contributed by atoms with Crippen LogP contribution in [0, 0.1) is 6.92 Å². The van der Waals surface area contributed by atoms with Gasteiger partial charge in [0.1, 0.15) is 6.61 Å². The van der Waals surface area contributed by atoms with Crippen molar-refractivity contribution in [3.8, 4) is 11.5 Å². The molecular formula is C19H18N2O6. The van der Waals surface area contributed by atoms with Crippen molar-refractivity contribution in [2.24, 2.45) is 0 Å². The highest BCUT2D eigenvalue weighted by atomic mass is 16.6. The number of fused-ring (bicyclic) bond motifs is 1. The molecule has 2 amide bonds. The monoisotopic (exact) mass is 370 g/mol. The van der Waals surface area contributed by atoms with Gasteiger partial charge < -0.3 is 14.2 Å². The molecule has 0 bridgehead atoms. The third-order valence-corrected chi connectivity index (χ3v) is 3.75. The molecule has 2 aromatic carbocycles. The van der Waals surface area contributed by atoms with Gasteiger partial charge in [-0.3, -0.25) is 20.4 Å². The molecule has 2 aromatic rings. The van der Waals surface area contributed by atoms with E-state index in [1.165, 1.54) is 0 Å². The summed E-state index contributed by atoms with van der Waals surface area (Å²) in [5.41, 5.74) is 5.73. The highest BCUT2D eigenvalue weighted by molar-refractivity contribution is 5.91. The SMILES string of the molecule is Cc1ccc(C(=O)OCC(=O)NNC(=O)[C@@H]2COc3ccccc3O2)cc1. The Bertz CT molecular complexity index is 850. The highest BCUT2D eigenvalue weighted by Gasteiger charge is 2.27. The number of hydrogen-bond acceptors (Lipinski definition) is 6. The van der Waals surface area contributed by atoms with Crippen LogP contribution in [0.15, 0.2) is 48.5 Å². The second-order valence-electron chi connectivity index (χ2n) is 5.84. The Morgan fingerprint density at radius 1 is 1.04 bits per heavy atom. The fourth-order valence-corrected chi connectivity index (χ4v) is 2.30. The molecule has 1 atom stereocenters. The number of esters is 1. The first-order valence-corrected chi connectivity index (χ1v) is 8.24. The molecule has 2 N–H and O–H groups in total. The van der Waals surface area contributed by atoms with Gasteiger partial charge in [-0.15, -0.1) is 0 Å². The third-order valence-electron chi connectivity index (χ3n) is 3.75. The van der Waals surface area contributed by atoms with Gasteiger partial charge >= 0.3 is 5.97 Å². The quantitative estimate of drug-likeness (QED) is 0.618. The molecule has 0 saturated carbocycles. The fourth-order valence-electron chi connectivity index (χ4n) is 2.30. The van der Waals surface area contributed by atoms with Gasteiger partial charge in [0.15, 0.2) is 18.1 Å². The van der Waals surface area contributed by atoms with Crippen LogP contribution in [-0.4, -0.2) is 37.1 Å². The van der Waals surface area contributed by atoms with E-state index in [1.54, 1.807) is 48.5 Å². The molecule has 0 radical (unpaired) electrons. The summed E-state index contributed by atoms with van der Waals surface area (Å²) in [7, 11) is 0. The lowest BCUT2D eigenvalue weighted by atomic mass is 10.1. The number of para-hydroxylation sites is 2. The number of carbonyl (C=O) groups is 3. The number of rotatable bonds is 4. The van der Waals surface area contributed by atoms with Gasteiger partial charge in [-0.2, -0.15) is 0 Å². The van der Waals surface area contributed by atoms with Gasteiger partial charge in [0, 0.05) is 0 Å². The molecule has 0 fully saturated rings. The molecule has 140 valence electrons. The number of hydrazine groups is 1. The minimum absolute atomic E-state index is 0.0150. The lowest BCUT2D eigenvalue weighted by Gasteiger charge is -2.25. The van der Waals surface area contributed by atoms with Gasteiger partial charge in [-0.1, -0.05) is 29.8 Å². The molecule has 1 heterocycles. The molecule has 0 spiro atoms. The minimum atomic E-state index is -0.907. The summed E-state index contributed by atoms with van der Waals surface area (Å²) in [5, 5.41) is 0.